The van der Waals surface area contributed by atoms with Crippen molar-refractivity contribution in [2.75, 3.05) is 6.54 Å². The molecule has 0 saturated carbocycles. The van der Waals surface area contributed by atoms with Crippen LogP contribution in [0.15, 0.2) is 29.5 Å². The van der Waals surface area contributed by atoms with Crippen LogP contribution in [-0.4, -0.2) is 23.5 Å². The average Bonchev–Trinajstić information content (AvgIpc) is 2.30. The van der Waals surface area contributed by atoms with Gasteiger partial charge >= 0.3 is 6.03 Å². The minimum Gasteiger partial charge on any atom is -0.332 e. The van der Waals surface area contributed by atoms with Crippen molar-refractivity contribution < 1.29 is 4.79 Å². The Bertz CT molecular complexity index is 403. The number of hydrogen-bond acceptors (Lipinski definition) is 3. The standard InChI is InChI=1S/C10H13N5O/c1-2-12-9-13-8(14-10(16)15-9)7-4-3-5-11-6-7/h3-6,8H,2H2,1H3,(H3,12,13,14,15,16). The van der Waals surface area contributed by atoms with Crippen molar-refractivity contribution in [3.8, 4) is 0 Å². The number of nitrogens with zero attached hydrogens (tertiary/aromatic N) is 2. The first kappa shape index (κ1) is 10.4. The van der Waals surface area contributed by atoms with Crippen LogP contribution < -0.4 is 16.0 Å². The molecule has 84 valence electrons. The predicted molar refractivity (Wildman–Crippen MR) is 59.8 cm³/mol. The van der Waals surface area contributed by atoms with E-state index in [0.29, 0.717) is 12.5 Å². The number of hydrogen-bond donors (Lipinski definition) is 3. The fourth-order valence-corrected chi connectivity index (χ4v) is 1.44. The van der Waals surface area contributed by atoms with E-state index >= 15 is 0 Å². The molecule has 1 saturated heterocycles. The highest BCUT2D eigenvalue weighted by Crippen LogP contribution is 2.09. The highest BCUT2D eigenvalue weighted by atomic mass is 16.2. The highest BCUT2D eigenvalue weighted by molar-refractivity contribution is 5.98. The number of aliphatic imine (C=N–C) groups is 1. The second kappa shape index (κ2) is 4.61. The van der Waals surface area contributed by atoms with Crippen LogP contribution in [0.1, 0.15) is 18.7 Å². The molecule has 1 fully saturated rings. The third-order valence-electron chi connectivity index (χ3n) is 2.12. The molecule has 0 aromatic carbocycles. The molecule has 2 heterocycles. The summed E-state index contributed by atoms with van der Waals surface area (Å²) in [5, 5.41) is 8.39. The minimum absolute atomic E-state index is 0.264. The van der Waals surface area contributed by atoms with Gasteiger partial charge in [0.05, 0.1) is 0 Å². The van der Waals surface area contributed by atoms with Crippen LogP contribution in [0.4, 0.5) is 4.79 Å². The Morgan fingerprint density at radius 2 is 2.38 bits per heavy atom. The second-order valence-corrected chi connectivity index (χ2v) is 3.29. The van der Waals surface area contributed by atoms with Crippen LogP contribution in [0, 0.1) is 0 Å². The van der Waals surface area contributed by atoms with E-state index in [4.69, 9.17) is 0 Å². The van der Waals surface area contributed by atoms with Gasteiger partial charge in [-0.3, -0.25) is 15.3 Å². The van der Waals surface area contributed by atoms with Crippen LogP contribution in [0.3, 0.4) is 0 Å². The monoisotopic (exact) mass is 219 g/mol. The molecular weight excluding hydrogens is 206 g/mol. The van der Waals surface area contributed by atoms with E-state index < -0.39 is 0 Å². The van der Waals surface area contributed by atoms with Crippen molar-refractivity contribution in [3.05, 3.63) is 30.1 Å². The quantitative estimate of drug-likeness (QED) is 0.672. The zero-order valence-corrected chi connectivity index (χ0v) is 8.90. The summed E-state index contributed by atoms with van der Waals surface area (Å²) in [6.45, 7) is 2.52. The molecule has 0 aliphatic carbocycles. The maximum absolute atomic E-state index is 11.4. The lowest BCUT2D eigenvalue weighted by atomic mass is 10.2. The van der Waals surface area contributed by atoms with Crippen molar-refractivity contribution in [1.29, 1.82) is 0 Å². The summed E-state index contributed by atoms with van der Waals surface area (Å²) in [5.74, 6) is 0.486. The van der Waals surface area contributed by atoms with Crippen molar-refractivity contribution >= 4 is 12.0 Å². The van der Waals surface area contributed by atoms with Crippen molar-refractivity contribution in [2.24, 2.45) is 4.99 Å². The zero-order valence-electron chi connectivity index (χ0n) is 8.90. The van der Waals surface area contributed by atoms with Crippen LogP contribution in [0.25, 0.3) is 0 Å². The van der Waals surface area contributed by atoms with E-state index in [-0.39, 0.29) is 12.2 Å². The number of aromatic nitrogens is 1. The second-order valence-electron chi connectivity index (χ2n) is 3.29. The van der Waals surface area contributed by atoms with Crippen molar-refractivity contribution in [3.63, 3.8) is 0 Å². The summed E-state index contributed by atoms with van der Waals surface area (Å²) < 4.78 is 0. The fourth-order valence-electron chi connectivity index (χ4n) is 1.44. The third-order valence-corrected chi connectivity index (χ3v) is 2.12. The number of urea groups is 1. The number of carbonyl (C=O) groups is 1. The molecule has 1 unspecified atom stereocenters. The van der Waals surface area contributed by atoms with E-state index in [9.17, 15) is 4.79 Å². The maximum atomic E-state index is 11.4. The van der Waals surface area contributed by atoms with Crippen LogP contribution in [-0.2, 0) is 0 Å². The van der Waals surface area contributed by atoms with Gasteiger partial charge in [-0.1, -0.05) is 6.07 Å². The normalized spacial score (nSPS) is 22.2. The van der Waals surface area contributed by atoms with Gasteiger partial charge in [-0.2, -0.15) is 0 Å². The van der Waals surface area contributed by atoms with Gasteiger partial charge in [0.25, 0.3) is 0 Å². The Labute approximate surface area is 93.2 Å². The predicted octanol–water partition coefficient (Wildman–Crippen LogP) is 0.358. The van der Waals surface area contributed by atoms with Crippen molar-refractivity contribution in [2.45, 2.75) is 13.1 Å². The van der Waals surface area contributed by atoms with E-state index in [0.717, 1.165) is 5.56 Å². The highest BCUT2D eigenvalue weighted by Gasteiger charge is 2.22. The molecule has 1 aliphatic heterocycles. The lowest BCUT2D eigenvalue weighted by molar-refractivity contribution is 0.236. The summed E-state index contributed by atoms with van der Waals surface area (Å²) in [5.41, 5.74) is 0.890. The van der Waals surface area contributed by atoms with Crippen LogP contribution in [0.2, 0.25) is 0 Å². The summed E-state index contributed by atoms with van der Waals surface area (Å²) >= 11 is 0. The van der Waals surface area contributed by atoms with E-state index in [2.05, 4.69) is 25.9 Å². The van der Waals surface area contributed by atoms with Gasteiger partial charge in [0.2, 0.25) is 5.96 Å². The summed E-state index contributed by atoms with van der Waals surface area (Å²) in [6, 6.07) is 3.45. The van der Waals surface area contributed by atoms with Gasteiger partial charge in [-0.25, -0.2) is 4.79 Å². The van der Waals surface area contributed by atoms with E-state index in [1.807, 2.05) is 19.1 Å². The molecule has 6 heteroatoms. The molecule has 6 nitrogen and oxygen atoms in total. The number of guanidine groups is 1. The molecule has 1 aromatic heterocycles. The number of amides is 2. The van der Waals surface area contributed by atoms with Gasteiger partial charge in [0.1, 0.15) is 6.17 Å². The molecule has 0 spiro atoms. The molecule has 1 atom stereocenters. The average molecular weight is 219 g/mol. The first-order chi connectivity index (χ1) is 7.79. The fraction of sp³-hybridized carbons (Fsp3) is 0.300. The number of rotatable bonds is 2. The van der Waals surface area contributed by atoms with Crippen LogP contribution in [0.5, 0.6) is 0 Å². The van der Waals surface area contributed by atoms with Crippen LogP contribution >= 0.6 is 0 Å². The topological polar surface area (TPSA) is 78.4 Å². The summed E-state index contributed by atoms with van der Waals surface area (Å²) in [6.07, 6.45) is 3.10. The lowest BCUT2D eigenvalue weighted by Crippen LogP contribution is -2.57. The lowest BCUT2D eigenvalue weighted by Gasteiger charge is -2.27. The van der Waals surface area contributed by atoms with Crippen molar-refractivity contribution in [1.82, 2.24) is 20.9 Å². The molecule has 2 amide bonds. The molecule has 2 rings (SSSR count). The van der Waals surface area contributed by atoms with Gasteiger partial charge in [0.15, 0.2) is 0 Å². The third kappa shape index (κ3) is 2.28. The number of carbonyl (C=O) groups excluding carboxylic acids is 1. The molecule has 3 N–H and O–H groups in total. The first-order valence-electron chi connectivity index (χ1n) is 5.08. The Hall–Kier alpha value is -2.11. The number of nitrogens with one attached hydrogen (secondary N) is 3. The van der Waals surface area contributed by atoms with E-state index in [1.54, 1.807) is 12.4 Å². The van der Waals surface area contributed by atoms with E-state index in [1.165, 1.54) is 0 Å². The SMILES string of the molecule is CCN=C1NC(=O)NC(c2cccnc2)N1. The Kier molecular flexibility index (Phi) is 3.00. The molecule has 1 aromatic rings. The van der Waals surface area contributed by atoms with Gasteiger partial charge in [0, 0.05) is 24.5 Å². The maximum Gasteiger partial charge on any atom is 0.323 e. The molecular formula is C10H13N5O. The largest absolute Gasteiger partial charge is 0.332 e. The number of pyridine rings is 1. The van der Waals surface area contributed by atoms with Gasteiger partial charge < -0.3 is 10.6 Å². The summed E-state index contributed by atoms with van der Waals surface area (Å²) in [4.78, 5) is 19.5. The first-order valence-corrected chi connectivity index (χ1v) is 5.08. The molecule has 16 heavy (non-hydrogen) atoms. The Balaban J connectivity index is 2.17. The summed E-state index contributed by atoms with van der Waals surface area (Å²) in [7, 11) is 0. The minimum atomic E-state index is -0.284. The van der Waals surface area contributed by atoms with Gasteiger partial charge in [-0.15, -0.1) is 0 Å². The molecule has 0 bridgehead atoms. The molecule has 0 radical (unpaired) electrons. The Morgan fingerprint density at radius 1 is 1.50 bits per heavy atom. The zero-order chi connectivity index (χ0) is 11.4. The molecule has 1 aliphatic rings. The smallest absolute Gasteiger partial charge is 0.323 e. The Morgan fingerprint density at radius 3 is 3.06 bits per heavy atom. The van der Waals surface area contributed by atoms with Gasteiger partial charge in [-0.05, 0) is 13.0 Å².